The molecule has 2 aliphatic heterocycles. The summed E-state index contributed by atoms with van der Waals surface area (Å²) in [5.41, 5.74) is 8.22. The van der Waals surface area contributed by atoms with E-state index in [4.69, 9.17) is 39.2 Å². The number of hydrogen-bond acceptors (Lipinski definition) is 18. The van der Waals surface area contributed by atoms with Crippen molar-refractivity contribution in [2.45, 2.75) is 50.7 Å². The molecule has 5 atom stereocenters. The summed E-state index contributed by atoms with van der Waals surface area (Å²) in [7, 11) is -16.9. The van der Waals surface area contributed by atoms with Crippen molar-refractivity contribution in [1.29, 1.82) is 0 Å². The van der Waals surface area contributed by atoms with Gasteiger partial charge in [0.2, 0.25) is 17.7 Å². The lowest BCUT2D eigenvalue weighted by atomic mass is 10.0. The Kier molecular flexibility index (Phi) is 22.0. The molecule has 0 radical (unpaired) electrons. The standard InChI is InChI=1S/C42H53N6O20P3/c43-41-33(28-48(42(53)46-41)40-26-35(49)36(66-40)29-65-70(57,58)68-71(59,60)67-69(54,55)56)9-5-16-44-38(51)15-18-61-20-22-63-24-25-64-23-21-62-19-17-45-37(50)13-14-39(52)47-27-32-8-2-1-6-30(32)11-12-31-7-3-4-10-34(31)47/h1-4,6-8,10,28,35-36,40,49H,13-27,29H2,(H,44,51)(H,45,50)(H,57,58)(H,59,60)(H2,43,46,53)(H2,54,55,56)/t35-,36+,40+/m0/s1. The average Bonchev–Trinajstić information content (AvgIpc) is 3.67. The molecule has 3 aromatic rings. The van der Waals surface area contributed by atoms with E-state index in [0.29, 0.717) is 38.7 Å². The Morgan fingerprint density at radius 3 is 2.13 bits per heavy atom. The number of amides is 3. The molecule has 386 valence electrons. The summed E-state index contributed by atoms with van der Waals surface area (Å²) >= 11 is 0. The van der Waals surface area contributed by atoms with E-state index >= 15 is 0 Å². The largest absolute Gasteiger partial charge is 0.490 e. The molecule has 0 aliphatic carbocycles. The molecule has 1 fully saturated rings. The number of rotatable bonds is 27. The zero-order valence-electron chi connectivity index (χ0n) is 37.9. The third-order valence-corrected chi connectivity index (χ3v) is 13.6. The van der Waals surface area contributed by atoms with Crippen molar-refractivity contribution >= 4 is 52.7 Å². The zero-order valence-corrected chi connectivity index (χ0v) is 40.5. The van der Waals surface area contributed by atoms with Crippen LogP contribution in [0.15, 0.2) is 59.5 Å². The Morgan fingerprint density at radius 2 is 1.42 bits per heavy atom. The molecule has 0 saturated carbocycles. The molecule has 3 amide bonds. The quantitative estimate of drug-likeness (QED) is 0.0294. The van der Waals surface area contributed by atoms with Crippen LogP contribution in [0.4, 0.5) is 11.5 Å². The van der Waals surface area contributed by atoms with Gasteiger partial charge in [-0.05, 0) is 23.8 Å². The Bertz CT molecular complexity index is 2660. The van der Waals surface area contributed by atoms with Gasteiger partial charge >= 0.3 is 29.2 Å². The van der Waals surface area contributed by atoms with Crippen LogP contribution >= 0.6 is 23.5 Å². The lowest BCUT2D eigenvalue weighted by Gasteiger charge is -2.26. The van der Waals surface area contributed by atoms with Crippen molar-refractivity contribution in [1.82, 2.24) is 20.2 Å². The average molecular weight is 1050 g/mol. The first-order valence-electron chi connectivity index (χ1n) is 21.6. The van der Waals surface area contributed by atoms with Gasteiger partial charge in [-0.2, -0.15) is 13.6 Å². The number of carbonyl (C=O) groups excluding carboxylic acids is 3. The van der Waals surface area contributed by atoms with E-state index in [1.54, 1.807) is 4.90 Å². The predicted octanol–water partition coefficient (Wildman–Crippen LogP) is 0.584. The third-order valence-electron chi connectivity index (χ3n) is 9.81. The first-order valence-corrected chi connectivity index (χ1v) is 26.1. The molecule has 3 heterocycles. The van der Waals surface area contributed by atoms with Crippen molar-refractivity contribution in [2.24, 2.45) is 0 Å². The molecular weight excluding hydrogens is 1000 g/mol. The van der Waals surface area contributed by atoms with Crippen molar-refractivity contribution in [3.63, 3.8) is 0 Å². The van der Waals surface area contributed by atoms with Gasteiger partial charge in [0.15, 0.2) is 0 Å². The number of para-hydroxylation sites is 1. The highest BCUT2D eigenvalue weighted by molar-refractivity contribution is 7.66. The van der Waals surface area contributed by atoms with Gasteiger partial charge in [0.1, 0.15) is 18.1 Å². The predicted molar refractivity (Wildman–Crippen MR) is 247 cm³/mol. The Hall–Kier alpha value is -5.18. The number of benzene rings is 2. The number of nitrogen functional groups attached to an aromatic ring is 1. The highest BCUT2D eigenvalue weighted by Gasteiger charge is 2.43. The molecule has 2 aliphatic rings. The number of nitrogens with two attached hydrogens (primary N) is 1. The van der Waals surface area contributed by atoms with Crippen LogP contribution in [-0.2, 0) is 71.5 Å². The van der Waals surface area contributed by atoms with E-state index in [9.17, 15) is 47.8 Å². The summed E-state index contributed by atoms with van der Waals surface area (Å²) in [4.78, 5) is 92.2. The summed E-state index contributed by atoms with van der Waals surface area (Å²) in [5, 5.41) is 15.7. The lowest BCUT2D eigenvalue weighted by molar-refractivity contribution is -0.125. The summed E-state index contributed by atoms with van der Waals surface area (Å²) < 4.78 is 74.5. The monoisotopic (exact) mass is 1050 g/mol. The van der Waals surface area contributed by atoms with Crippen LogP contribution in [0.5, 0.6) is 0 Å². The minimum atomic E-state index is -5.77. The van der Waals surface area contributed by atoms with Crippen LogP contribution in [0.25, 0.3) is 0 Å². The number of nitrogens with one attached hydrogen (secondary N) is 2. The van der Waals surface area contributed by atoms with Crippen molar-refractivity contribution in [3.05, 3.63) is 87.5 Å². The van der Waals surface area contributed by atoms with E-state index in [-0.39, 0.29) is 94.3 Å². The van der Waals surface area contributed by atoms with Gasteiger partial charge in [-0.3, -0.25) is 23.5 Å². The first-order chi connectivity index (χ1) is 33.8. The number of carbonyl (C=O) groups is 3. The number of aliphatic hydroxyl groups excluding tert-OH is 1. The molecule has 2 aromatic carbocycles. The van der Waals surface area contributed by atoms with Crippen LogP contribution in [0.1, 0.15) is 54.2 Å². The third kappa shape index (κ3) is 19.7. The van der Waals surface area contributed by atoms with E-state index in [0.717, 1.165) is 21.3 Å². The van der Waals surface area contributed by atoms with Gasteiger partial charge in [-0.1, -0.05) is 54.0 Å². The van der Waals surface area contributed by atoms with Crippen molar-refractivity contribution in [2.75, 3.05) is 83.2 Å². The van der Waals surface area contributed by atoms with Crippen LogP contribution in [0.2, 0.25) is 0 Å². The normalized spacial score (nSPS) is 17.9. The number of fused-ring (bicyclic) bond motifs is 2. The molecule has 71 heavy (non-hydrogen) atoms. The highest BCUT2D eigenvalue weighted by Crippen LogP contribution is 2.66. The number of aliphatic hydroxyl groups is 1. The maximum Gasteiger partial charge on any atom is 0.490 e. The first kappa shape index (κ1) is 56.7. The molecule has 29 heteroatoms. The van der Waals surface area contributed by atoms with Gasteiger partial charge in [0, 0.05) is 49.6 Å². The summed E-state index contributed by atoms with van der Waals surface area (Å²) in [6.07, 6.45) is -3.07. The smallest absolute Gasteiger partial charge is 0.390 e. The summed E-state index contributed by atoms with van der Waals surface area (Å²) in [5.74, 6) is 10.6. The van der Waals surface area contributed by atoms with Crippen molar-refractivity contribution in [3.8, 4) is 23.7 Å². The molecule has 1 aromatic heterocycles. The second-order valence-corrected chi connectivity index (χ2v) is 19.5. The second-order valence-electron chi connectivity index (χ2n) is 15.1. The van der Waals surface area contributed by atoms with E-state index < -0.39 is 54.2 Å². The molecule has 9 N–H and O–H groups in total. The second kappa shape index (κ2) is 27.6. The number of phosphoric ester groups is 1. The van der Waals surface area contributed by atoms with E-state index in [1.807, 2.05) is 48.5 Å². The number of anilines is 2. The molecule has 2 unspecified atom stereocenters. The fraction of sp³-hybridized carbons (Fsp3) is 0.452. The zero-order chi connectivity index (χ0) is 51.4. The van der Waals surface area contributed by atoms with E-state index in [1.165, 1.54) is 6.20 Å². The van der Waals surface area contributed by atoms with Gasteiger partial charge in [0.25, 0.3) is 0 Å². The fourth-order valence-corrected chi connectivity index (χ4v) is 9.53. The topological polar surface area (TPSA) is 366 Å². The van der Waals surface area contributed by atoms with Gasteiger partial charge < -0.3 is 69.6 Å². The van der Waals surface area contributed by atoms with Crippen molar-refractivity contribution < 1.29 is 89.6 Å². The lowest BCUT2D eigenvalue weighted by Crippen LogP contribution is -2.34. The molecule has 26 nitrogen and oxygen atoms in total. The molecule has 5 rings (SSSR count). The number of hydrogen-bond donors (Lipinski definition) is 8. The number of nitrogens with zero attached hydrogens (tertiary/aromatic N) is 3. The number of phosphoric acid groups is 3. The highest BCUT2D eigenvalue weighted by atomic mass is 31.3. The van der Waals surface area contributed by atoms with E-state index in [2.05, 4.69) is 52.4 Å². The molecule has 0 bridgehead atoms. The minimum Gasteiger partial charge on any atom is -0.390 e. The number of aromatic nitrogens is 2. The van der Waals surface area contributed by atoms with Crippen LogP contribution < -0.4 is 27.0 Å². The molecule has 0 spiro atoms. The van der Waals surface area contributed by atoms with Crippen LogP contribution in [-0.4, -0.2) is 137 Å². The summed E-state index contributed by atoms with van der Waals surface area (Å²) in [6.45, 7) is 1.65. The summed E-state index contributed by atoms with van der Waals surface area (Å²) in [6, 6.07) is 15.1. The fourth-order valence-electron chi connectivity index (χ4n) is 6.50. The van der Waals surface area contributed by atoms with Gasteiger partial charge in [0.05, 0.1) is 89.9 Å². The SMILES string of the molecule is Nc1nc(=O)n([C@H]2C[C@H](O)[C@@H](COP(=O)(O)OP(=O)(O)OP(=O)(O)O)O2)cc1C#CCNC(=O)CCOCCOCCOCCOCCNC(=O)CCC(=O)N1Cc2ccccc2C#Cc2ccccc21. The van der Waals surface area contributed by atoms with Gasteiger partial charge in [-0.15, -0.1) is 0 Å². The molecule has 1 saturated heterocycles. The maximum absolute atomic E-state index is 13.3. The Morgan fingerprint density at radius 1 is 0.803 bits per heavy atom. The number of ether oxygens (including phenoxy) is 5. The Labute approximate surface area is 406 Å². The Balaban J connectivity index is 0.859. The minimum absolute atomic E-state index is 0.0215. The maximum atomic E-state index is 13.3. The van der Waals surface area contributed by atoms with Crippen LogP contribution in [0.3, 0.4) is 0 Å². The molecular formula is C42H53N6O20P3. The van der Waals surface area contributed by atoms with Gasteiger partial charge in [-0.25, -0.2) is 18.5 Å². The van der Waals surface area contributed by atoms with Crippen LogP contribution in [0, 0.1) is 23.7 Å².